The highest BCUT2D eigenvalue weighted by Crippen LogP contribution is 2.23. The molecule has 1 saturated heterocycles. The fourth-order valence-corrected chi connectivity index (χ4v) is 2.20. The second-order valence-electron chi connectivity index (χ2n) is 4.50. The number of ether oxygens (including phenoxy) is 1. The molecule has 1 aromatic rings. The first-order chi connectivity index (χ1) is 8.29. The maximum Gasteiger partial charge on any atom is 0.160 e. The monoisotopic (exact) mass is 235 g/mol. The van der Waals surface area contributed by atoms with Gasteiger partial charge in [-0.1, -0.05) is 0 Å². The third-order valence-corrected chi connectivity index (χ3v) is 3.17. The largest absolute Gasteiger partial charge is 0.493 e. The minimum atomic E-state index is 0.817. The number of nitrogens with zero attached hydrogens (tertiary/aromatic N) is 2. The van der Waals surface area contributed by atoms with Crippen molar-refractivity contribution in [2.75, 3.05) is 38.6 Å². The van der Waals surface area contributed by atoms with Crippen molar-refractivity contribution in [3.05, 3.63) is 18.0 Å². The Hall–Kier alpha value is -1.29. The molecular weight excluding hydrogens is 214 g/mol. The van der Waals surface area contributed by atoms with Gasteiger partial charge in [0.1, 0.15) is 0 Å². The van der Waals surface area contributed by atoms with E-state index in [4.69, 9.17) is 4.74 Å². The number of anilines is 1. The predicted octanol–water partition coefficient (Wildman–Crippen LogP) is 1.91. The summed E-state index contributed by atoms with van der Waals surface area (Å²) in [6.45, 7) is 6.54. The molecule has 94 valence electrons. The van der Waals surface area contributed by atoms with Crippen molar-refractivity contribution < 1.29 is 4.74 Å². The van der Waals surface area contributed by atoms with Crippen molar-refractivity contribution in [1.29, 1.82) is 0 Å². The predicted molar refractivity (Wildman–Crippen MR) is 69.7 cm³/mol. The lowest BCUT2D eigenvalue weighted by molar-refractivity contribution is 0.352. The van der Waals surface area contributed by atoms with Gasteiger partial charge in [-0.25, -0.2) is 0 Å². The molecule has 2 heterocycles. The Labute approximate surface area is 103 Å². The number of hydrogen-bond donors (Lipinski definition) is 1. The minimum absolute atomic E-state index is 0.817. The van der Waals surface area contributed by atoms with Crippen LogP contribution in [0.1, 0.15) is 18.5 Å². The van der Waals surface area contributed by atoms with E-state index in [1.165, 1.54) is 25.9 Å². The van der Waals surface area contributed by atoms with Gasteiger partial charge in [0.2, 0.25) is 0 Å². The second-order valence-corrected chi connectivity index (χ2v) is 4.50. The van der Waals surface area contributed by atoms with Crippen molar-refractivity contribution in [3.63, 3.8) is 0 Å². The summed E-state index contributed by atoms with van der Waals surface area (Å²) in [5, 5.41) is 3.43. The van der Waals surface area contributed by atoms with Crippen LogP contribution in [0.3, 0.4) is 0 Å². The Kier molecular flexibility index (Phi) is 4.20. The van der Waals surface area contributed by atoms with Crippen molar-refractivity contribution >= 4 is 5.69 Å². The Morgan fingerprint density at radius 2 is 2.18 bits per heavy atom. The summed E-state index contributed by atoms with van der Waals surface area (Å²) in [5.41, 5.74) is 2.05. The average Bonchev–Trinajstić information content (AvgIpc) is 2.82. The van der Waals surface area contributed by atoms with Crippen molar-refractivity contribution in [2.24, 2.45) is 0 Å². The van der Waals surface area contributed by atoms with Crippen LogP contribution in [0.25, 0.3) is 0 Å². The smallest absolute Gasteiger partial charge is 0.160 e. The van der Waals surface area contributed by atoms with E-state index in [1.54, 1.807) is 13.3 Å². The number of nitrogens with one attached hydrogen (secondary N) is 1. The summed E-state index contributed by atoms with van der Waals surface area (Å²) in [7, 11) is 1.68. The lowest BCUT2D eigenvalue weighted by atomic mass is 10.3. The fourth-order valence-electron chi connectivity index (χ4n) is 2.20. The molecule has 0 bridgehead atoms. The van der Waals surface area contributed by atoms with Crippen LogP contribution in [0, 0.1) is 6.92 Å². The van der Waals surface area contributed by atoms with E-state index in [2.05, 4.69) is 15.2 Å². The molecule has 4 heteroatoms. The summed E-state index contributed by atoms with van der Waals surface area (Å²) in [4.78, 5) is 6.71. The number of rotatable bonds is 5. The highest BCUT2D eigenvalue weighted by molar-refractivity contribution is 5.55. The number of pyridine rings is 1. The first kappa shape index (κ1) is 12.2. The molecule has 1 N–H and O–H groups in total. The quantitative estimate of drug-likeness (QED) is 0.846. The Morgan fingerprint density at radius 1 is 1.41 bits per heavy atom. The third-order valence-electron chi connectivity index (χ3n) is 3.17. The topological polar surface area (TPSA) is 37.4 Å². The van der Waals surface area contributed by atoms with Crippen LogP contribution in [0.15, 0.2) is 12.3 Å². The van der Waals surface area contributed by atoms with E-state index in [-0.39, 0.29) is 0 Å². The van der Waals surface area contributed by atoms with Gasteiger partial charge in [0.15, 0.2) is 5.75 Å². The maximum absolute atomic E-state index is 5.28. The molecule has 0 spiro atoms. The maximum atomic E-state index is 5.28. The van der Waals surface area contributed by atoms with Crippen LogP contribution in [-0.2, 0) is 0 Å². The second kappa shape index (κ2) is 5.87. The van der Waals surface area contributed by atoms with Crippen LogP contribution in [0.4, 0.5) is 5.69 Å². The molecule has 0 amide bonds. The van der Waals surface area contributed by atoms with Crippen molar-refractivity contribution in [2.45, 2.75) is 19.8 Å². The number of methoxy groups -OCH3 is 1. The summed E-state index contributed by atoms with van der Waals surface area (Å²) in [6.07, 6.45) is 4.46. The lowest BCUT2D eigenvalue weighted by Gasteiger charge is -2.16. The zero-order valence-corrected chi connectivity index (χ0v) is 10.7. The first-order valence-electron chi connectivity index (χ1n) is 6.26. The first-order valence-corrected chi connectivity index (χ1v) is 6.26. The highest BCUT2D eigenvalue weighted by Gasteiger charge is 2.11. The summed E-state index contributed by atoms with van der Waals surface area (Å²) < 4.78 is 5.28. The Morgan fingerprint density at radius 3 is 2.88 bits per heavy atom. The van der Waals surface area contributed by atoms with E-state index in [0.717, 1.165) is 30.2 Å². The van der Waals surface area contributed by atoms with Crippen molar-refractivity contribution in [1.82, 2.24) is 9.88 Å². The highest BCUT2D eigenvalue weighted by atomic mass is 16.5. The van der Waals surface area contributed by atoms with Crippen LogP contribution in [0.2, 0.25) is 0 Å². The zero-order valence-electron chi connectivity index (χ0n) is 10.7. The number of hydrogen-bond acceptors (Lipinski definition) is 4. The van der Waals surface area contributed by atoms with E-state index < -0.39 is 0 Å². The van der Waals surface area contributed by atoms with E-state index in [9.17, 15) is 0 Å². The Balaban J connectivity index is 1.86. The lowest BCUT2D eigenvalue weighted by Crippen LogP contribution is -2.26. The molecule has 0 aromatic carbocycles. The fraction of sp³-hybridized carbons (Fsp3) is 0.615. The molecule has 1 aliphatic rings. The van der Waals surface area contributed by atoms with Gasteiger partial charge in [-0.15, -0.1) is 0 Å². The van der Waals surface area contributed by atoms with Crippen molar-refractivity contribution in [3.8, 4) is 5.75 Å². The molecule has 0 radical (unpaired) electrons. The van der Waals surface area contributed by atoms with Gasteiger partial charge >= 0.3 is 0 Å². The van der Waals surface area contributed by atoms with E-state index in [0.29, 0.717) is 0 Å². The SMILES string of the molecule is COc1cnc(C)cc1NCCN1CCCC1. The van der Waals surface area contributed by atoms with Crippen LogP contribution in [-0.4, -0.2) is 43.2 Å². The number of aryl methyl sites for hydroxylation is 1. The standard InChI is InChI=1S/C13H21N3O/c1-11-9-12(13(17-2)10-15-11)14-5-8-16-6-3-4-7-16/h9-10H,3-8H2,1-2H3,(H,14,15). The van der Waals surface area contributed by atoms with E-state index >= 15 is 0 Å². The Bertz CT molecular complexity index is 362. The molecule has 1 fully saturated rings. The molecule has 0 aliphatic carbocycles. The third kappa shape index (κ3) is 3.33. The van der Waals surface area contributed by atoms with Gasteiger partial charge < -0.3 is 15.0 Å². The number of aromatic nitrogens is 1. The zero-order chi connectivity index (χ0) is 12.1. The summed E-state index contributed by atoms with van der Waals surface area (Å²) >= 11 is 0. The molecule has 4 nitrogen and oxygen atoms in total. The average molecular weight is 235 g/mol. The molecule has 2 rings (SSSR count). The van der Waals surface area contributed by atoms with Gasteiger partial charge in [-0.3, -0.25) is 4.98 Å². The molecule has 0 atom stereocenters. The minimum Gasteiger partial charge on any atom is -0.493 e. The van der Waals surface area contributed by atoms with Gasteiger partial charge in [0.25, 0.3) is 0 Å². The normalized spacial score (nSPS) is 16.1. The van der Waals surface area contributed by atoms with E-state index in [1.807, 2.05) is 13.0 Å². The van der Waals surface area contributed by atoms with Gasteiger partial charge in [-0.05, 0) is 38.9 Å². The molecular formula is C13H21N3O. The summed E-state index contributed by atoms with van der Waals surface area (Å²) in [5.74, 6) is 0.817. The van der Waals surface area contributed by atoms with Crippen LogP contribution >= 0.6 is 0 Å². The molecule has 17 heavy (non-hydrogen) atoms. The number of likely N-dealkylation sites (tertiary alicyclic amines) is 1. The van der Waals surface area contributed by atoms with Gasteiger partial charge in [0.05, 0.1) is 19.0 Å². The summed E-state index contributed by atoms with van der Waals surface area (Å²) in [6, 6.07) is 2.03. The van der Waals surface area contributed by atoms with Gasteiger partial charge in [-0.2, -0.15) is 0 Å². The van der Waals surface area contributed by atoms with Gasteiger partial charge in [0, 0.05) is 18.8 Å². The molecule has 1 aliphatic heterocycles. The van der Waals surface area contributed by atoms with Crippen LogP contribution < -0.4 is 10.1 Å². The molecule has 1 aromatic heterocycles. The molecule has 0 unspecified atom stereocenters. The van der Waals surface area contributed by atoms with Crippen LogP contribution in [0.5, 0.6) is 5.75 Å². The molecule has 0 saturated carbocycles.